The summed E-state index contributed by atoms with van der Waals surface area (Å²) in [4.78, 5) is 9.61. The molecule has 0 spiro atoms. The van der Waals surface area contributed by atoms with Gasteiger partial charge in [-0.15, -0.1) is 10.2 Å². The van der Waals surface area contributed by atoms with Gasteiger partial charge in [-0.1, -0.05) is 16.8 Å². The second kappa shape index (κ2) is 5.48. The Labute approximate surface area is 117 Å². The van der Waals surface area contributed by atoms with Crippen molar-refractivity contribution in [3.8, 4) is 0 Å². The number of H-pyrrole nitrogens is 1. The van der Waals surface area contributed by atoms with Crippen molar-refractivity contribution in [2.24, 2.45) is 0 Å². The minimum atomic E-state index is -3.94. The number of nitrogens with zero attached hydrogens (tertiary/aromatic N) is 4. The summed E-state index contributed by atoms with van der Waals surface area (Å²) in [7, 11) is -3.94. The minimum absolute atomic E-state index is 0.145. The molecule has 0 saturated carbocycles. The Kier molecular flexibility index (Phi) is 3.92. The minimum Gasteiger partial charge on any atom is -0.258 e. The van der Waals surface area contributed by atoms with Gasteiger partial charge in [0.05, 0.1) is 16.5 Å². The summed E-state index contributed by atoms with van der Waals surface area (Å²) in [5, 5.41) is 22.9. The van der Waals surface area contributed by atoms with Crippen molar-refractivity contribution in [2.45, 2.75) is 11.4 Å². The summed E-state index contributed by atoms with van der Waals surface area (Å²) in [5.41, 5.74) is -0.299. The fourth-order valence-corrected chi connectivity index (χ4v) is 2.83. The summed E-state index contributed by atoms with van der Waals surface area (Å²) in [6.07, 6.45) is 0. The number of nitrogens with one attached hydrogen (secondary N) is 2. The molecule has 2 aromatic rings. The molecule has 1 aromatic heterocycles. The van der Waals surface area contributed by atoms with Crippen molar-refractivity contribution >= 4 is 27.3 Å². The second-order valence-electron chi connectivity index (χ2n) is 3.52. The van der Waals surface area contributed by atoms with Crippen LogP contribution in [0.4, 0.5) is 5.69 Å². The maximum absolute atomic E-state index is 12.0. The number of hydrogen-bond acceptors (Lipinski definition) is 7. The molecule has 1 heterocycles. The van der Waals surface area contributed by atoms with E-state index >= 15 is 0 Å². The van der Waals surface area contributed by atoms with Crippen molar-refractivity contribution < 1.29 is 13.3 Å². The molecule has 12 heteroatoms. The third-order valence-electron chi connectivity index (χ3n) is 2.23. The van der Waals surface area contributed by atoms with E-state index in [2.05, 4.69) is 25.3 Å². The van der Waals surface area contributed by atoms with E-state index in [4.69, 9.17) is 11.6 Å². The Morgan fingerprint density at radius 2 is 2.20 bits per heavy atom. The third kappa shape index (κ3) is 3.07. The first-order chi connectivity index (χ1) is 9.40. The highest BCUT2D eigenvalue weighted by Gasteiger charge is 2.20. The van der Waals surface area contributed by atoms with Crippen LogP contribution in [0.25, 0.3) is 0 Å². The lowest BCUT2D eigenvalue weighted by atomic mass is 10.3. The Balaban J connectivity index is 2.23. The number of sulfonamides is 1. The monoisotopic (exact) mass is 318 g/mol. The van der Waals surface area contributed by atoms with Crippen LogP contribution in [-0.2, 0) is 16.6 Å². The maximum atomic E-state index is 12.0. The van der Waals surface area contributed by atoms with Gasteiger partial charge in [-0.05, 0) is 6.07 Å². The molecule has 10 nitrogen and oxygen atoms in total. The predicted molar refractivity (Wildman–Crippen MR) is 66.3 cm³/mol. The van der Waals surface area contributed by atoms with Gasteiger partial charge in [0, 0.05) is 12.1 Å². The number of halogens is 1. The van der Waals surface area contributed by atoms with Crippen molar-refractivity contribution in [2.75, 3.05) is 0 Å². The van der Waals surface area contributed by atoms with Gasteiger partial charge in [-0.25, -0.2) is 13.1 Å². The van der Waals surface area contributed by atoms with Gasteiger partial charge < -0.3 is 0 Å². The van der Waals surface area contributed by atoms with Crippen LogP contribution in [0.1, 0.15) is 5.82 Å². The number of aromatic amines is 1. The molecule has 0 fully saturated rings. The molecule has 0 aliphatic carbocycles. The Morgan fingerprint density at radius 3 is 2.75 bits per heavy atom. The molecule has 0 aliphatic rings. The summed E-state index contributed by atoms with van der Waals surface area (Å²) < 4.78 is 26.2. The number of hydrogen-bond donors (Lipinski definition) is 2. The third-order valence-corrected chi connectivity index (χ3v) is 4.11. The molecule has 0 atom stereocenters. The van der Waals surface area contributed by atoms with E-state index in [-0.39, 0.29) is 28.0 Å². The van der Waals surface area contributed by atoms with Crippen LogP contribution in [0.2, 0.25) is 5.02 Å². The standard InChI is InChI=1S/C8H7ClN6O4S/c9-6-3-5(15(16)17)1-2-7(6)20(18,19)10-4-8-11-13-14-12-8/h1-3,10H,4H2,(H,11,12,13,14). The molecular weight excluding hydrogens is 312 g/mol. The van der Waals surface area contributed by atoms with Crippen LogP contribution in [-0.4, -0.2) is 34.0 Å². The number of aromatic nitrogens is 4. The number of nitro benzene ring substituents is 1. The van der Waals surface area contributed by atoms with Crippen molar-refractivity contribution in [3.05, 3.63) is 39.2 Å². The number of non-ortho nitro benzene ring substituents is 1. The molecule has 20 heavy (non-hydrogen) atoms. The van der Waals surface area contributed by atoms with Gasteiger partial charge in [0.1, 0.15) is 4.90 Å². The molecular formula is C8H7ClN6O4S. The zero-order chi connectivity index (χ0) is 14.8. The lowest BCUT2D eigenvalue weighted by molar-refractivity contribution is -0.384. The van der Waals surface area contributed by atoms with Crippen LogP contribution in [0.5, 0.6) is 0 Å². The van der Waals surface area contributed by atoms with E-state index in [1.54, 1.807) is 0 Å². The highest BCUT2D eigenvalue weighted by molar-refractivity contribution is 7.89. The van der Waals surface area contributed by atoms with Gasteiger partial charge in [0.25, 0.3) is 5.69 Å². The first-order valence-corrected chi connectivity index (χ1v) is 6.92. The number of benzene rings is 1. The van der Waals surface area contributed by atoms with Crippen LogP contribution in [0.15, 0.2) is 23.1 Å². The molecule has 0 radical (unpaired) electrons. The van der Waals surface area contributed by atoms with Crippen molar-refractivity contribution in [1.82, 2.24) is 25.3 Å². The maximum Gasteiger partial charge on any atom is 0.271 e. The summed E-state index contributed by atoms with van der Waals surface area (Å²) in [5.74, 6) is 0.145. The summed E-state index contributed by atoms with van der Waals surface area (Å²) in [6.45, 7) is -0.188. The van der Waals surface area contributed by atoms with Gasteiger partial charge in [0.15, 0.2) is 5.82 Å². The topological polar surface area (TPSA) is 144 Å². The molecule has 0 amide bonds. The molecule has 1 aromatic carbocycles. The van der Waals surface area contributed by atoms with Crippen LogP contribution < -0.4 is 4.72 Å². The van der Waals surface area contributed by atoms with E-state index in [0.29, 0.717) is 0 Å². The largest absolute Gasteiger partial charge is 0.271 e. The van der Waals surface area contributed by atoms with E-state index in [1.165, 1.54) is 0 Å². The fourth-order valence-electron chi connectivity index (χ4n) is 1.32. The Morgan fingerprint density at radius 1 is 1.45 bits per heavy atom. The van der Waals surface area contributed by atoms with E-state index in [9.17, 15) is 18.5 Å². The van der Waals surface area contributed by atoms with Gasteiger partial charge >= 0.3 is 0 Å². The average molecular weight is 319 g/mol. The highest BCUT2D eigenvalue weighted by Crippen LogP contribution is 2.25. The van der Waals surface area contributed by atoms with Gasteiger partial charge in [0.2, 0.25) is 10.0 Å². The Hall–Kier alpha value is -2.11. The first-order valence-electron chi connectivity index (χ1n) is 5.06. The van der Waals surface area contributed by atoms with Crippen LogP contribution in [0, 0.1) is 10.1 Å². The smallest absolute Gasteiger partial charge is 0.258 e. The molecule has 2 rings (SSSR count). The predicted octanol–water partition coefficient (Wildman–Crippen LogP) is 0.240. The zero-order valence-electron chi connectivity index (χ0n) is 9.65. The summed E-state index contributed by atoms with van der Waals surface area (Å²) >= 11 is 5.75. The fraction of sp³-hybridized carbons (Fsp3) is 0.125. The van der Waals surface area contributed by atoms with Crippen LogP contribution in [0.3, 0.4) is 0 Å². The quantitative estimate of drug-likeness (QED) is 0.593. The van der Waals surface area contributed by atoms with Crippen LogP contribution >= 0.6 is 11.6 Å². The molecule has 0 saturated heterocycles. The lowest BCUT2D eigenvalue weighted by Gasteiger charge is -2.06. The molecule has 0 aliphatic heterocycles. The van der Waals surface area contributed by atoms with E-state index in [1.807, 2.05) is 0 Å². The highest BCUT2D eigenvalue weighted by atomic mass is 35.5. The second-order valence-corrected chi connectivity index (χ2v) is 5.67. The van der Waals surface area contributed by atoms with Gasteiger partial charge in [-0.3, -0.25) is 10.1 Å². The lowest BCUT2D eigenvalue weighted by Crippen LogP contribution is -2.24. The Bertz CT molecular complexity index is 731. The molecule has 0 unspecified atom stereocenters. The number of rotatable bonds is 5. The van der Waals surface area contributed by atoms with Gasteiger partial charge in [-0.2, -0.15) is 5.21 Å². The van der Waals surface area contributed by atoms with E-state index in [0.717, 1.165) is 18.2 Å². The zero-order valence-corrected chi connectivity index (χ0v) is 11.2. The number of tetrazole rings is 1. The molecule has 2 N–H and O–H groups in total. The first kappa shape index (κ1) is 14.3. The average Bonchev–Trinajstić information content (AvgIpc) is 2.89. The molecule has 106 valence electrons. The normalized spacial score (nSPS) is 11.4. The summed E-state index contributed by atoms with van der Waals surface area (Å²) in [6, 6.07) is 3.07. The van der Waals surface area contributed by atoms with E-state index < -0.39 is 14.9 Å². The van der Waals surface area contributed by atoms with Crippen molar-refractivity contribution in [3.63, 3.8) is 0 Å². The molecule has 0 bridgehead atoms. The van der Waals surface area contributed by atoms with Crippen molar-refractivity contribution in [1.29, 1.82) is 0 Å². The number of nitro groups is 1. The SMILES string of the molecule is O=[N+]([O-])c1ccc(S(=O)(=O)NCc2nn[nH]n2)c(Cl)c1.